The standard InChI is InChI=1S/C15H22N2O2S/c1-19-14-7-6-11(16)10-13(14)17-15(18)8-9-20-12-4-2-3-5-12/h6-7,10,12H,2-5,8-9,16H2,1H3,(H,17,18). The van der Waals surface area contributed by atoms with Gasteiger partial charge in [0.1, 0.15) is 5.75 Å². The number of anilines is 2. The van der Waals surface area contributed by atoms with Crippen molar-refractivity contribution >= 4 is 29.0 Å². The number of carbonyl (C=O) groups is 1. The molecule has 0 aromatic heterocycles. The lowest BCUT2D eigenvalue weighted by Crippen LogP contribution is -2.14. The van der Waals surface area contributed by atoms with Gasteiger partial charge in [-0.2, -0.15) is 11.8 Å². The van der Waals surface area contributed by atoms with E-state index in [0.29, 0.717) is 23.5 Å². The van der Waals surface area contributed by atoms with Crippen LogP contribution in [0.4, 0.5) is 11.4 Å². The predicted octanol–water partition coefficient (Wildman–Crippen LogP) is 3.28. The molecule has 0 aliphatic heterocycles. The number of carbonyl (C=O) groups excluding carboxylic acids is 1. The highest BCUT2D eigenvalue weighted by atomic mass is 32.2. The Morgan fingerprint density at radius 3 is 2.90 bits per heavy atom. The molecule has 0 unspecified atom stereocenters. The molecule has 110 valence electrons. The number of hydrogen-bond donors (Lipinski definition) is 2. The van der Waals surface area contributed by atoms with Gasteiger partial charge in [0.25, 0.3) is 0 Å². The average molecular weight is 294 g/mol. The van der Waals surface area contributed by atoms with Crippen molar-refractivity contribution in [2.75, 3.05) is 23.9 Å². The smallest absolute Gasteiger partial charge is 0.225 e. The first-order chi connectivity index (χ1) is 9.69. The molecule has 1 saturated carbocycles. The molecular formula is C15H22N2O2S. The molecule has 20 heavy (non-hydrogen) atoms. The van der Waals surface area contributed by atoms with Crippen LogP contribution >= 0.6 is 11.8 Å². The van der Waals surface area contributed by atoms with Crippen molar-refractivity contribution in [3.63, 3.8) is 0 Å². The highest BCUT2D eigenvalue weighted by molar-refractivity contribution is 7.99. The van der Waals surface area contributed by atoms with Gasteiger partial charge in [0.05, 0.1) is 12.8 Å². The molecule has 5 heteroatoms. The van der Waals surface area contributed by atoms with Gasteiger partial charge in [0.15, 0.2) is 0 Å². The average Bonchev–Trinajstić information content (AvgIpc) is 2.92. The maximum absolute atomic E-state index is 11.9. The second-order valence-corrected chi connectivity index (χ2v) is 6.44. The molecule has 1 amide bonds. The van der Waals surface area contributed by atoms with Crippen LogP contribution in [0.5, 0.6) is 5.75 Å². The molecule has 0 atom stereocenters. The van der Waals surface area contributed by atoms with E-state index in [1.54, 1.807) is 25.3 Å². The zero-order valence-electron chi connectivity index (χ0n) is 11.9. The van der Waals surface area contributed by atoms with Gasteiger partial charge < -0.3 is 15.8 Å². The highest BCUT2D eigenvalue weighted by Gasteiger charge is 2.15. The molecule has 0 saturated heterocycles. The Bertz CT molecular complexity index is 459. The molecule has 0 heterocycles. The molecule has 2 rings (SSSR count). The fourth-order valence-corrected chi connectivity index (χ4v) is 3.71. The van der Waals surface area contributed by atoms with Crippen LogP contribution in [0.1, 0.15) is 32.1 Å². The van der Waals surface area contributed by atoms with Gasteiger partial charge in [-0.1, -0.05) is 12.8 Å². The summed E-state index contributed by atoms with van der Waals surface area (Å²) in [5.41, 5.74) is 6.98. The van der Waals surface area contributed by atoms with E-state index in [1.807, 2.05) is 11.8 Å². The third-order valence-corrected chi connectivity index (χ3v) is 4.87. The van der Waals surface area contributed by atoms with Gasteiger partial charge in [-0.3, -0.25) is 4.79 Å². The SMILES string of the molecule is COc1ccc(N)cc1NC(=O)CCSC1CCCC1. The van der Waals surface area contributed by atoms with E-state index in [4.69, 9.17) is 10.5 Å². The lowest BCUT2D eigenvalue weighted by Gasteiger charge is -2.12. The Morgan fingerprint density at radius 2 is 2.20 bits per heavy atom. The van der Waals surface area contributed by atoms with Crippen LogP contribution in [0.2, 0.25) is 0 Å². The minimum absolute atomic E-state index is 0.0133. The Kier molecular flexibility index (Phi) is 5.59. The molecule has 1 aliphatic carbocycles. The van der Waals surface area contributed by atoms with E-state index in [-0.39, 0.29) is 5.91 Å². The number of ether oxygens (including phenoxy) is 1. The van der Waals surface area contributed by atoms with Crippen LogP contribution in [-0.4, -0.2) is 24.0 Å². The van der Waals surface area contributed by atoms with E-state index in [0.717, 1.165) is 11.0 Å². The Balaban J connectivity index is 1.80. The van der Waals surface area contributed by atoms with Crippen LogP contribution in [0.25, 0.3) is 0 Å². The Hall–Kier alpha value is -1.36. The number of methoxy groups -OCH3 is 1. The summed E-state index contributed by atoms with van der Waals surface area (Å²) >= 11 is 1.92. The van der Waals surface area contributed by atoms with Gasteiger partial charge in [0.2, 0.25) is 5.91 Å². The lowest BCUT2D eigenvalue weighted by molar-refractivity contribution is -0.115. The number of amides is 1. The number of hydrogen-bond acceptors (Lipinski definition) is 4. The van der Waals surface area contributed by atoms with Crippen molar-refractivity contribution in [2.24, 2.45) is 0 Å². The van der Waals surface area contributed by atoms with Crippen LogP contribution in [-0.2, 0) is 4.79 Å². The van der Waals surface area contributed by atoms with E-state index in [9.17, 15) is 4.79 Å². The topological polar surface area (TPSA) is 64.3 Å². The van der Waals surface area contributed by atoms with Crippen molar-refractivity contribution in [1.29, 1.82) is 0 Å². The Labute approximate surface area is 124 Å². The number of nitrogens with two attached hydrogens (primary N) is 1. The fraction of sp³-hybridized carbons (Fsp3) is 0.533. The van der Waals surface area contributed by atoms with E-state index in [2.05, 4.69) is 5.32 Å². The molecule has 3 N–H and O–H groups in total. The normalized spacial score (nSPS) is 15.2. The van der Waals surface area contributed by atoms with E-state index >= 15 is 0 Å². The first-order valence-corrected chi connectivity index (χ1v) is 8.09. The van der Waals surface area contributed by atoms with Crippen molar-refractivity contribution in [3.05, 3.63) is 18.2 Å². The number of nitrogens with one attached hydrogen (secondary N) is 1. The number of thioether (sulfide) groups is 1. The quantitative estimate of drug-likeness (QED) is 0.790. The lowest BCUT2D eigenvalue weighted by atomic mass is 10.2. The molecule has 1 aliphatic rings. The zero-order valence-corrected chi connectivity index (χ0v) is 12.7. The molecule has 0 spiro atoms. The van der Waals surface area contributed by atoms with Gasteiger partial charge in [-0.15, -0.1) is 0 Å². The van der Waals surface area contributed by atoms with E-state index < -0.39 is 0 Å². The zero-order chi connectivity index (χ0) is 14.4. The van der Waals surface area contributed by atoms with Crippen molar-refractivity contribution in [3.8, 4) is 5.75 Å². The highest BCUT2D eigenvalue weighted by Crippen LogP contribution is 2.30. The minimum atomic E-state index is 0.0133. The molecule has 4 nitrogen and oxygen atoms in total. The fourth-order valence-electron chi connectivity index (χ4n) is 2.41. The number of benzene rings is 1. The van der Waals surface area contributed by atoms with Crippen LogP contribution in [0.15, 0.2) is 18.2 Å². The first-order valence-electron chi connectivity index (χ1n) is 7.04. The molecule has 0 radical (unpaired) electrons. The van der Waals surface area contributed by atoms with Crippen molar-refractivity contribution < 1.29 is 9.53 Å². The second kappa shape index (κ2) is 7.43. The summed E-state index contributed by atoms with van der Waals surface area (Å²) in [5.74, 6) is 1.52. The molecule has 1 aromatic rings. The summed E-state index contributed by atoms with van der Waals surface area (Å²) < 4.78 is 5.21. The number of rotatable bonds is 6. The summed E-state index contributed by atoms with van der Waals surface area (Å²) in [7, 11) is 1.58. The van der Waals surface area contributed by atoms with Gasteiger partial charge >= 0.3 is 0 Å². The molecular weight excluding hydrogens is 272 g/mol. The van der Waals surface area contributed by atoms with E-state index in [1.165, 1.54) is 25.7 Å². The third kappa shape index (κ3) is 4.34. The number of nitrogen functional groups attached to an aromatic ring is 1. The van der Waals surface area contributed by atoms with Crippen LogP contribution in [0, 0.1) is 0 Å². The van der Waals surface area contributed by atoms with Crippen molar-refractivity contribution in [2.45, 2.75) is 37.4 Å². The first kappa shape index (κ1) is 15.0. The maximum atomic E-state index is 11.9. The van der Waals surface area contributed by atoms with Gasteiger partial charge in [-0.05, 0) is 31.0 Å². The summed E-state index contributed by atoms with van der Waals surface area (Å²) in [5, 5.41) is 3.62. The summed E-state index contributed by atoms with van der Waals surface area (Å²) in [6.45, 7) is 0. The predicted molar refractivity (Wildman–Crippen MR) is 85.4 cm³/mol. The van der Waals surface area contributed by atoms with Gasteiger partial charge in [0, 0.05) is 23.1 Å². The summed E-state index contributed by atoms with van der Waals surface area (Å²) in [6, 6.07) is 5.24. The monoisotopic (exact) mass is 294 g/mol. The van der Waals surface area contributed by atoms with Gasteiger partial charge in [-0.25, -0.2) is 0 Å². The van der Waals surface area contributed by atoms with Crippen molar-refractivity contribution in [1.82, 2.24) is 0 Å². The Morgan fingerprint density at radius 1 is 1.45 bits per heavy atom. The molecule has 1 aromatic carbocycles. The maximum Gasteiger partial charge on any atom is 0.225 e. The van der Waals surface area contributed by atoms with Crippen LogP contribution in [0.3, 0.4) is 0 Å². The summed E-state index contributed by atoms with van der Waals surface area (Å²) in [4.78, 5) is 11.9. The molecule has 0 bridgehead atoms. The van der Waals surface area contributed by atoms with Crippen LogP contribution < -0.4 is 15.8 Å². The third-order valence-electron chi connectivity index (χ3n) is 3.48. The molecule has 1 fully saturated rings. The minimum Gasteiger partial charge on any atom is -0.495 e. The second-order valence-electron chi connectivity index (χ2n) is 5.04. The largest absolute Gasteiger partial charge is 0.495 e. The summed E-state index contributed by atoms with van der Waals surface area (Å²) in [6.07, 6.45) is 5.80.